The number of nitrogens with one attached hydrogen (secondary N) is 2. The molecule has 42 heavy (non-hydrogen) atoms. The molecule has 1 fully saturated rings. The third-order valence-corrected chi connectivity index (χ3v) is 8.62. The van der Waals surface area contributed by atoms with Crippen LogP contribution in [0.3, 0.4) is 0 Å². The van der Waals surface area contributed by atoms with Gasteiger partial charge in [0.2, 0.25) is 18.4 Å². The number of carbonyl (C=O) groups excluding carboxylic acids is 2. The van der Waals surface area contributed by atoms with Gasteiger partial charge in [0.1, 0.15) is 0 Å². The molecule has 1 saturated heterocycles. The van der Waals surface area contributed by atoms with Crippen molar-refractivity contribution in [3.8, 4) is 28.7 Å². The molecule has 11 heteroatoms. The van der Waals surface area contributed by atoms with Gasteiger partial charge in [-0.1, -0.05) is 13.8 Å². The van der Waals surface area contributed by atoms with E-state index in [4.69, 9.17) is 23.7 Å². The van der Waals surface area contributed by atoms with E-state index >= 15 is 0 Å². The molecule has 3 aliphatic rings. The van der Waals surface area contributed by atoms with Crippen LogP contribution in [0.15, 0.2) is 24.3 Å². The number of carbonyl (C=O) groups is 2. The Morgan fingerprint density at radius 1 is 1.00 bits per heavy atom. The van der Waals surface area contributed by atoms with Crippen LogP contribution >= 0.6 is 0 Å². The van der Waals surface area contributed by atoms with Gasteiger partial charge in [-0.15, -0.1) is 0 Å². The Balaban J connectivity index is 1.41. The van der Waals surface area contributed by atoms with Crippen LogP contribution in [0.4, 0.5) is 0 Å². The maximum absolute atomic E-state index is 13.3. The van der Waals surface area contributed by atoms with Crippen LogP contribution in [-0.2, 0) is 14.3 Å². The molecule has 5 rings (SSSR count). The molecule has 2 aliphatic heterocycles. The molecule has 1 amide bonds. The predicted octanol–water partition coefficient (Wildman–Crippen LogP) is 2.94. The van der Waals surface area contributed by atoms with Crippen molar-refractivity contribution in [2.24, 2.45) is 11.8 Å². The number of nitrogens with zero attached hydrogens (tertiary/aromatic N) is 1. The SMILES string of the molecule is CCN(CC)CCCNCCC(=O)NC1c2cc3c(cc2C(c2cc(OC)c(O)c(OC)c2)C2C(=O)OCC12)OCO3. The minimum absolute atomic E-state index is 0.0929. The minimum atomic E-state index is -0.583. The lowest BCUT2D eigenvalue weighted by Gasteiger charge is -2.39. The molecule has 11 nitrogen and oxygen atoms in total. The molecular formula is C31H41N3O8. The summed E-state index contributed by atoms with van der Waals surface area (Å²) in [6.45, 7) is 9.08. The maximum atomic E-state index is 13.3. The standard InChI is InChI=1S/C31H41N3O8/c1-5-34(6-2)11-7-9-32-10-8-26(35)33-29-20-15-23-22(41-17-42-23)14-19(20)27(28-21(29)16-40-31(28)37)18-12-24(38-3)30(36)25(13-18)39-4/h12-15,21,27-29,32,36H,5-11,16-17H2,1-4H3,(H,33,35). The van der Waals surface area contributed by atoms with Crippen molar-refractivity contribution in [3.05, 3.63) is 41.0 Å². The number of cyclic esters (lactones) is 1. The topological polar surface area (TPSA) is 128 Å². The summed E-state index contributed by atoms with van der Waals surface area (Å²) < 4.78 is 27.9. The zero-order valence-electron chi connectivity index (χ0n) is 24.7. The molecule has 3 N–H and O–H groups in total. The molecule has 4 atom stereocenters. The van der Waals surface area contributed by atoms with Gasteiger partial charge in [0.25, 0.3) is 0 Å². The number of phenolic OH excluding ortho intramolecular Hbond substituents is 1. The van der Waals surface area contributed by atoms with Gasteiger partial charge in [-0.3, -0.25) is 9.59 Å². The van der Waals surface area contributed by atoms with Crippen molar-refractivity contribution >= 4 is 11.9 Å². The first-order valence-electron chi connectivity index (χ1n) is 14.7. The molecule has 0 bridgehead atoms. The predicted molar refractivity (Wildman–Crippen MR) is 154 cm³/mol. The molecule has 0 spiro atoms. The maximum Gasteiger partial charge on any atom is 0.310 e. The lowest BCUT2D eigenvalue weighted by atomic mass is 9.65. The van der Waals surface area contributed by atoms with E-state index in [-0.39, 0.29) is 48.4 Å². The van der Waals surface area contributed by atoms with E-state index in [0.29, 0.717) is 30.0 Å². The highest BCUT2D eigenvalue weighted by Crippen LogP contribution is 2.55. The molecule has 2 aromatic carbocycles. The number of hydrogen-bond acceptors (Lipinski definition) is 10. The van der Waals surface area contributed by atoms with Gasteiger partial charge in [-0.2, -0.15) is 0 Å². The summed E-state index contributed by atoms with van der Waals surface area (Å²) >= 11 is 0. The van der Waals surface area contributed by atoms with E-state index in [0.717, 1.165) is 43.7 Å². The fourth-order valence-corrected chi connectivity index (χ4v) is 6.38. The van der Waals surface area contributed by atoms with Crippen molar-refractivity contribution in [1.29, 1.82) is 0 Å². The Kier molecular flexibility index (Phi) is 9.27. The number of methoxy groups -OCH3 is 2. The molecule has 4 unspecified atom stereocenters. The van der Waals surface area contributed by atoms with Crippen molar-refractivity contribution in [2.45, 2.75) is 38.6 Å². The van der Waals surface area contributed by atoms with E-state index in [1.54, 1.807) is 12.1 Å². The number of benzene rings is 2. The van der Waals surface area contributed by atoms with Gasteiger partial charge < -0.3 is 44.3 Å². The second kappa shape index (κ2) is 13.1. The first-order valence-corrected chi connectivity index (χ1v) is 14.7. The number of rotatable bonds is 13. The van der Waals surface area contributed by atoms with E-state index < -0.39 is 17.9 Å². The minimum Gasteiger partial charge on any atom is -0.502 e. The molecule has 0 aromatic heterocycles. The quantitative estimate of drug-likeness (QED) is 0.239. The third-order valence-electron chi connectivity index (χ3n) is 8.62. The van der Waals surface area contributed by atoms with Crippen LogP contribution in [0.1, 0.15) is 55.3 Å². The summed E-state index contributed by atoms with van der Waals surface area (Å²) in [5, 5.41) is 17.1. The Morgan fingerprint density at radius 3 is 2.31 bits per heavy atom. The molecule has 2 aromatic rings. The molecule has 0 saturated carbocycles. The molecule has 228 valence electrons. The van der Waals surface area contributed by atoms with Crippen molar-refractivity contribution < 1.29 is 38.4 Å². The molecule has 2 heterocycles. The molecular weight excluding hydrogens is 542 g/mol. The zero-order chi connectivity index (χ0) is 29.8. The summed E-state index contributed by atoms with van der Waals surface area (Å²) in [4.78, 5) is 28.9. The van der Waals surface area contributed by atoms with E-state index in [1.807, 2.05) is 12.1 Å². The van der Waals surface area contributed by atoms with Crippen molar-refractivity contribution in [2.75, 3.05) is 60.3 Å². The van der Waals surface area contributed by atoms with E-state index in [1.165, 1.54) is 14.2 Å². The van der Waals surface area contributed by atoms with Gasteiger partial charge in [0.15, 0.2) is 23.0 Å². The summed E-state index contributed by atoms with van der Waals surface area (Å²) in [5.74, 6) is -0.303. The largest absolute Gasteiger partial charge is 0.502 e. The number of fused-ring (bicyclic) bond motifs is 3. The fourth-order valence-electron chi connectivity index (χ4n) is 6.38. The first kappa shape index (κ1) is 29.8. The number of aromatic hydroxyl groups is 1. The van der Waals surface area contributed by atoms with Gasteiger partial charge >= 0.3 is 5.97 Å². The number of hydrogen-bond donors (Lipinski definition) is 3. The van der Waals surface area contributed by atoms with E-state index in [9.17, 15) is 14.7 Å². The lowest BCUT2D eigenvalue weighted by Crippen LogP contribution is -2.43. The average Bonchev–Trinajstić information content (AvgIpc) is 3.62. The van der Waals surface area contributed by atoms with Crippen LogP contribution in [0, 0.1) is 11.8 Å². The second-order valence-electron chi connectivity index (χ2n) is 10.8. The Labute approximate surface area is 246 Å². The Morgan fingerprint density at radius 2 is 1.67 bits per heavy atom. The van der Waals surface area contributed by atoms with Crippen molar-refractivity contribution in [1.82, 2.24) is 15.5 Å². The van der Waals surface area contributed by atoms with E-state index in [2.05, 4.69) is 29.4 Å². The highest BCUT2D eigenvalue weighted by molar-refractivity contribution is 5.81. The smallest absolute Gasteiger partial charge is 0.310 e. The highest BCUT2D eigenvalue weighted by atomic mass is 16.7. The average molecular weight is 584 g/mol. The number of amides is 1. The summed E-state index contributed by atoms with van der Waals surface area (Å²) in [5.41, 5.74) is 2.37. The highest BCUT2D eigenvalue weighted by Gasteiger charge is 2.53. The monoisotopic (exact) mass is 583 g/mol. The van der Waals surface area contributed by atoms with Gasteiger partial charge in [0.05, 0.1) is 32.8 Å². The second-order valence-corrected chi connectivity index (χ2v) is 10.8. The number of phenols is 1. The van der Waals surface area contributed by atoms with Gasteiger partial charge in [-0.25, -0.2) is 0 Å². The van der Waals surface area contributed by atoms with Crippen LogP contribution < -0.4 is 29.6 Å². The molecule has 0 radical (unpaired) electrons. The van der Waals surface area contributed by atoms with Crippen LogP contribution in [-0.4, -0.2) is 82.2 Å². The van der Waals surface area contributed by atoms with Crippen LogP contribution in [0.2, 0.25) is 0 Å². The fraction of sp³-hybridized carbons (Fsp3) is 0.548. The number of esters is 1. The Bertz CT molecular complexity index is 1270. The summed E-state index contributed by atoms with van der Waals surface area (Å²) in [6, 6.07) is 6.74. The first-order chi connectivity index (χ1) is 20.4. The zero-order valence-corrected chi connectivity index (χ0v) is 24.7. The van der Waals surface area contributed by atoms with Gasteiger partial charge in [-0.05, 0) is 73.6 Å². The van der Waals surface area contributed by atoms with Gasteiger partial charge in [0, 0.05) is 24.8 Å². The summed E-state index contributed by atoms with van der Waals surface area (Å²) in [7, 11) is 2.92. The lowest BCUT2D eigenvalue weighted by molar-refractivity contribution is -0.141. The molecule has 1 aliphatic carbocycles. The normalized spacial score (nSPS) is 22.0. The summed E-state index contributed by atoms with van der Waals surface area (Å²) in [6.07, 6.45) is 1.33. The van der Waals surface area contributed by atoms with Crippen LogP contribution in [0.25, 0.3) is 0 Å². The third kappa shape index (κ3) is 5.80. The number of ether oxygens (including phenoxy) is 5. The Hall–Kier alpha value is -3.70. The van der Waals surface area contributed by atoms with Crippen LogP contribution in [0.5, 0.6) is 28.7 Å². The van der Waals surface area contributed by atoms with Crippen molar-refractivity contribution in [3.63, 3.8) is 0 Å².